The smallest absolute Gasteiger partial charge is 0.0254 e. The van der Waals surface area contributed by atoms with Crippen LogP contribution in [0.15, 0.2) is 83.3 Å². The van der Waals surface area contributed by atoms with Gasteiger partial charge in [0.1, 0.15) is 0 Å². The molecule has 31 heavy (non-hydrogen) atoms. The van der Waals surface area contributed by atoms with E-state index in [0.717, 1.165) is 12.8 Å². The van der Waals surface area contributed by atoms with Gasteiger partial charge in [0.25, 0.3) is 0 Å². The van der Waals surface area contributed by atoms with Crippen molar-refractivity contribution in [3.8, 4) is 44.5 Å². The third kappa shape index (κ3) is 1.88. The van der Waals surface area contributed by atoms with E-state index in [4.69, 9.17) is 0 Å². The number of rotatable bonds is 0. The van der Waals surface area contributed by atoms with E-state index in [1.165, 1.54) is 82.0 Å². The SMILES string of the molecule is Brc1ccc2c3c(cccc13)-c1c3c(c4c(c1-2)-c1ccccc1C4)-c1ccccc1C3. The molecule has 1 heteroatoms. The Balaban J connectivity index is 1.62. The number of halogens is 1. The van der Waals surface area contributed by atoms with Gasteiger partial charge in [0.05, 0.1) is 0 Å². The number of hydrogen-bond donors (Lipinski definition) is 0. The van der Waals surface area contributed by atoms with Gasteiger partial charge in [0.2, 0.25) is 0 Å². The Morgan fingerprint density at radius 1 is 0.484 bits per heavy atom. The molecule has 0 unspecified atom stereocenters. The predicted octanol–water partition coefficient (Wildman–Crippen LogP) is 8.39. The lowest BCUT2D eigenvalue weighted by molar-refractivity contribution is 1.24. The molecule has 0 aliphatic heterocycles. The standard InChI is InChI=1S/C30H17Br/c31-25-13-12-22-27-20(25)10-5-11-21(27)29-24-14-16-6-1-3-8-18(16)26(24)23-15-17-7-2-4-9-19(17)28(23)30(22)29/h1-13H,14-15H2. The summed E-state index contributed by atoms with van der Waals surface area (Å²) in [6.07, 6.45) is 2.06. The zero-order chi connectivity index (χ0) is 20.3. The molecule has 0 bridgehead atoms. The van der Waals surface area contributed by atoms with Gasteiger partial charge in [-0.15, -0.1) is 0 Å². The Kier molecular flexibility index (Phi) is 2.96. The summed E-state index contributed by atoms with van der Waals surface area (Å²) in [6, 6.07) is 29.4. The van der Waals surface area contributed by atoms with E-state index in [2.05, 4.69) is 94.8 Å². The predicted molar refractivity (Wildman–Crippen MR) is 133 cm³/mol. The van der Waals surface area contributed by atoms with Gasteiger partial charge in [-0.3, -0.25) is 0 Å². The highest BCUT2D eigenvalue weighted by Crippen LogP contribution is 2.61. The Morgan fingerprint density at radius 3 is 1.81 bits per heavy atom. The van der Waals surface area contributed by atoms with Crippen molar-refractivity contribution in [1.29, 1.82) is 0 Å². The summed E-state index contributed by atoms with van der Waals surface area (Å²) in [4.78, 5) is 0. The zero-order valence-electron chi connectivity index (χ0n) is 16.8. The van der Waals surface area contributed by atoms with Crippen LogP contribution in [0.5, 0.6) is 0 Å². The maximum absolute atomic E-state index is 3.81. The topological polar surface area (TPSA) is 0 Å². The second kappa shape index (κ2) is 5.55. The molecule has 0 N–H and O–H groups in total. The van der Waals surface area contributed by atoms with Crippen LogP contribution in [-0.2, 0) is 12.8 Å². The lowest BCUT2D eigenvalue weighted by atomic mass is 9.85. The highest BCUT2D eigenvalue weighted by atomic mass is 79.9. The van der Waals surface area contributed by atoms with Crippen LogP contribution in [0.25, 0.3) is 55.3 Å². The Hall–Kier alpha value is -3.16. The molecule has 5 aromatic rings. The van der Waals surface area contributed by atoms with Gasteiger partial charge in [0, 0.05) is 4.47 Å². The molecule has 0 fully saturated rings. The lowest BCUT2D eigenvalue weighted by Gasteiger charge is -2.17. The normalized spacial score (nSPS) is 13.7. The summed E-state index contributed by atoms with van der Waals surface area (Å²) in [5.74, 6) is 0. The second-order valence-corrected chi connectivity index (χ2v) is 9.80. The lowest BCUT2D eigenvalue weighted by Crippen LogP contribution is -1.95. The summed E-state index contributed by atoms with van der Waals surface area (Å²) < 4.78 is 1.18. The molecule has 0 saturated carbocycles. The molecule has 3 aliphatic rings. The van der Waals surface area contributed by atoms with E-state index in [1.54, 1.807) is 0 Å². The first-order valence-electron chi connectivity index (χ1n) is 10.9. The van der Waals surface area contributed by atoms with E-state index in [1.807, 2.05) is 0 Å². The van der Waals surface area contributed by atoms with Gasteiger partial charge in [-0.05, 0) is 96.4 Å². The summed E-state index contributed by atoms with van der Waals surface area (Å²) >= 11 is 3.81. The highest BCUT2D eigenvalue weighted by Gasteiger charge is 2.37. The summed E-state index contributed by atoms with van der Waals surface area (Å²) in [5.41, 5.74) is 17.6. The van der Waals surface area contributed by atoms with Gasteiger partial charge in [-0.25, -0.2) is 0 Å². The molecule has 0 nitrogen and oxygen atoms in total. The first-order valence-corrected chi connectivity index (χ1v) is 11.7. The molecular formula is C30H17Br. The first kappa shape index (κ1) is 16.5. The number of hydrogen-bond acceptors (Lipinski definition) is 0. The largest absolute Gasteiger partial charge is 0.0619 e. The quantitative estimate of drug-likeness (QED) is 0.215. The second-order valence-electron chi connectivity index (χ2n) is 8.95. The maximum atomic E-state index is 3.81. The number of fused-ring (bicyclic) bond motifs is 12. The fourth-order valence-electron chi connectivity index (χ4n) is 6.41. The van der Waals surface area contributed by atoms with Crippen molar-refractivity contribution < 1.29 is 0 Å². The van der Waals surface area contributed by atoms with Crippen molar-refractivity contribution in [1.82, 2.24) is 0 Å². The molecule has 0 heterocycles. The van der Waals surface area contributed by atoms with Crippen LogP contribution >= 0.6 is 15.9 Å². The van der Waals surface area contributed by atoms with Crippen molar-refractivity contribution in [3.63, 3.8) is 0 Å². The van der Waals surface area contributed by atoms with Gasteiger partial charge >= 0.3 is 0 Å². The Labute approximate surface area is 189 Å². The monoisotopic (exact) mass is 456 g/mol. The van der Waals surface area contributed by atoms with Gasteiger partial charge in [0.15, 0.2) is 0 Å². The third-order valence-electron chi connectivity index (χ3n) is 7.54. The van der Waals surface area contributed by atoms with Crippen molar-refractivity contribution >= 4 is 26.7 Å². The van der Waals surface area contributed by atoms with E-state index < -0.39 is 0 Å². The van der Waals surface area contributed by atoms with E-state index >= 15 is 0 Å². The third-order valence-corrected chi connectivity index (χ3v) is 8.23. The molecule has 5 aromatic carbocycles. The minimum absolute atomic E-state index is 1.03. The molecule has 0 radical (unpaired) electrons. The van der Waals surface area contributed by atoms with Gasteiger partial charge in [-0.2, -0.15) is 0 Å². The van der Waals surface area contributed by atoms with E-state index in [9.17, 15) is 0 Å². The van der Waals surface area contributed by atoms with Crippen LogP contribution < -0.4 is 0 Å². The average molecular weight is 457 g/mol. The van der Waals surface area contributed by atoms with Crippen LogP contribution in [0, 0.1) is 0 Å². The molecule has 0 spiro atoms. The summed E-state index contributed by atoms with van der Waals surface area (Å²) in [7, 11) is 0. The maximum Gasteiger partial charge on any atom is 0.0254 e. The van der Waals surface area contributed by atoms with Crippen molar-refractivity contribution in [2.24, 2.45) is 0 Å². The summed E-state index contributed by atoms with van der Waals surface area (Å²) in [6.45, 7) is 0. The van der Waals surface area contributed by atoms with Crippen molar-refractivity contribution in [2.75, 3.05) is 0 Å². The zero-order valence-corrected chi connectivity index (χ0v) is 18.4. The average Bonchev–Trinajstić information content (AvgIpc) is 3.46. The molecule has 3 aliphatic carbocycles. The van der Waals surface area contributed by atoms with Crippen molar-refractivity contribution in [3.05, 3.63) is 106 Å². The fourth-order valence-corrected chi connectivity index (χ4v) is 6.87. The molecule has 8 rings (SSSR count). The van der Waals surface area contributed by atoms with Crippen LogP contribution in [0.1, 0.15) is 22.3 Å². The van der Waals surface area contributed by atoms with Crippen LogP contribution in [-0.4, -0.2) is 0 Å². The molecule has 0 amide bonds. The van der Waals surface area contributed by atoms with E-state index in [-0.39, 0.29) is 0 Å². The Bertz CT molecular complexity index is 1640. The first-order chi connectivity index (χ1) is 15.3. The van der Waals surface area contributed by atoms with E-state index in [0.29, 0.717) is 0 Å². The summed E-state index contributed by atoms with van der Waals surface area (Å²) in [5, 5.41) is 2.72. The van der Waals surface area contributed by atoms with Crippen LogP contribution in [0.2, 0.25) is 0 Å². The van der Waals surface area contributed by atoms with Crippen LogP contribution in [0.4, 0.5) is 0 Å². The molecule has 0 saturated heterocycles. The van der Waals surface area contributed by atoms with Gasteiger partial charge < -0.3 is 0 Å². The number of benzene rings is 5. The molecule has 144 valence electrons. The minimum Gasteiger partial charge on any atom is -0.0619 e. The van der Waals surface area contributed by atoms with Crippen molar-refractivity contribution in [2.45, 2.75) is 12.8 Å². The highest BCUT2D eigenvalue weighted by molar-refractivity contribution is 9.10. The van der Waals surface area contributed by atoms with Gasteiger partial charge in [-0.1, -0.05) is 88.7 Å². The molecular weight excluding hydrogens is 440 g/mol. The molecule has 0 aromatic heterocycles. The minimum atomic E-state index is 1.03. The Morgan fingerprint density at radius 2 is 1.06 bits per heavy atom. The fraction of sp³-hybridized carbons (Fsp3) is 0.0667. The molecule has 0 atom stereocenters. The van der Waals surface area contributed by atoms with Crippen LogP contribution in [0.3, 0.4) is 0 Å².